The van der Waals surface area contributed by atoms with Crippen molar-refractivity contribution >= 4 is 17.5 Å². The molecule has 2 rings (SSSR count). The zero-order chi connectivity index (χ0) is 14.5. The summed E-state index contributed by atoms with van der Waals surface area (Å²) < 4.78 is 13.6. The summed E-state index contributed by atoms with van der Waals surface area (Å²) in [5, 5.41) is 2.86. The van der Waals surface area contributed by atoms with Gasteiger partial charge in [-0.2, -0.15) is 0 Å². The predicted molar refractivity (Wildman–Crippen MR) is 79.6 cm³/mol. The molecule has 2 atom stereocenters. The number of hydrogen-bond donors (Lipinski definition) is 1. The Morgan fingerprint density at radius 2 is 2.05 bits per heavy atom. The van der Waals surface area contributed by atoms with Crippen LogP contribution in [0.4, 0.5) is 4.39 Å². The third-order valence-electron chi connectivity index (χ3n) is 4.16. The van der Waals surface area contributed by atoms with Crippen LogP contribution < -0.4 is 5.32 Å². The van der Waals surface area contributed by atoms with Crippen molar-refractivity contribution in [2.45, 2.75) is 32.6 Å². The van der Waals surface area contributed by atoms with Crippen molar-refractivity contribution in [2.24, 2.45) is 11.8 Å². The molecule has 1 aliphatic rings. The third kappa shape index (κ3) is 3.72. The van der Waals surface area contributed by atoms with E-state index in [1.165, 1.54) is 18.9 Å². The Morgan fingerprint density at radius 1 is 1.35 bits per heavy atom. The van der Waals surface area contributed by atoms with Crippen molar-refractivity contribution in [3.05, 3.63) is 35.1 Å². The molecule has 2 nitrogen and oxygen atoms in total. The fourth-order valence-electron chi connectivity index (χ4n) is 2.89. The summed E-state index contributed by atoms with van der Waals surface area (Å²) in [6.45, 7) is 2.44. The van der Waals surface area contributed by atoms with E-state index in [1.54, 1.807) is 12.1 Å². The van der Waals surface area contributed by atoms with Crippen molar-refractivity contribution in [2.75, 3.05) is 12.4 Å². The second-order valence-electron chi connectivity index (χ2n) is 5.65. The van der Waals surface area contributed by atoms with Crippen molar-refractivity contribution in [1.29, 1.82) is 0 Å². The Kier molecular flexibility index (Phi) is 5.41. The summed E-state index contributed by atoms with van der Waals surface area (Å²) in [6.07, 6.45) is 4.62. The topological polar surface area (TPSA) is 29.1 Å². The summed E-state index contributed by atoms with van der Waals surface area (Å²) in [5.41, 5.74) is 1.01. The second kappa shape index (κ2) is 7.07. The van der Waals surface area contributed by atoms with Crippen LogP contribution in [0.25, 0.3) is 0 Å². The number of alkyl halides is 1. The maximum Gasteiger partial charge on any atom is 0.254 e. The lowest BCUT2D eigenvalue weighted by atomic mass is 9.80. The highest BCUT2D eigenvalue weighted by molar-refractivity contribution is 6.18. The largest absolute Gasteiger partial charge is 0.352 e. The van der Waals surface area contributed by atoms with Crippen LogP contribution in [0.15, 0.2) is 18.2 Å². The molecule has 1 saturated carbocycles. The van der Waals surface area contributed by atoms with E-state index < -0.39 is 5.82 Å². The molecule has 1 amide bonds. The second-order valence-corrected chi connectivity index (χ2v) is 5.96. The zero-order valence-corrected chi connectivity index (χ0v) is 12.5. The highest BCUT2D eigenvalue weighted by Gasteiger charge is 2.25. The molecular formula is C16H21ClFNO. The van der Waals surface area contributed by atoms with Crippen LogP contribution in [0.5, 0.6) is 0 Å². The van der Waals surface area contributed by atoms with E-state index in [4.69, 9.17) is 11.6 Å². The molecule has 0 spiro atoms. The first-order valence-corrected chi connectivity index (χ1v) is 7.75. The summed E-state index contributed by atoms with van der Waals surface area (Å²) >= 11 is 5.98. The Balaban J connectivity index is 1.96. The van der Waals surface area contributed by atoms with Crippen molar-refractivity contribution < 1.29 is 9.18 Å². The van der Waals surface area contributed by atoms with Crippen LogP contribution in [0.3, 0.4) is 0 Å². The molecule has 1 aromatic carbocycles. The van der Waals surface area contributed by atoms with E-state index in [2.05, 4.69) is 5.32 Å². The maximum absolute atomic E-state index is 13.6. The number of rotatable bonds is 4. The minimum absolute atomic E-state index is 0.128. The Hall–Kier alpha value is -1.09. The van der Waals surface area contributed by atoms with Gasteiger partial charge in [-0.25, -0.2) is 4.39 Å². The Morgan fingerprint density at radius 3 is 2.75 bits per heavy atom. The number of aryl methyl sites for hydroxylation is 1. The van der Waals surface area contributed by atoms with Gasteiger partial charge in [0.15, 0.2) is 0 Å². The molecule has 0 aliphatic heterocycles. The smallest absolute Gasteiger partial charge is 0.254 e. The molecule has 1 fully saturated rings. The highest BCUT2D eigenvalue weighted by Crippen LogP contribution is 2.30. The van der Waals surface area contributed by atoms with Crippen LogP contribution in [-0.2, 0) is 0 Å². The molecular weight excluding hydrogens is 277 g/mol. The fraction of sp³-hybridized carbons (Fsp3) is 0.562. The molecule has 110 valence electrons. The average Bonchev–Trinajstić information content (AvgIpc) is 2.47. The number of carbonyl (C=O) groups excluding carboxylic acids is 1. The predicted octanol–water partition coefficient (Wildman–Crippen LogP) is 3.91. The minimum Gasteiger partial charge on any atom is -0.352 e. The molecule has 0 aromatic heterocycles. The van der Waals surface area contributed by atoms with Gasteiger partial charge in [-0.15, -0.1) is 11.6 Å². The summed E-state index contributed by atoms with van der Waals surface area (Å²) in [6, 6.07) is 4.59. The lowest BCUT2D eigenvalue weighted by Gasteiger charge is -2.30. The number of amides is 1. The first kappa shape index (κ1) is 15.3. The number of halogens is 2. The molecule has 4 heteroatoms. The van der Waals surface area contributed by atoms with Crippen molar-refractivity contribution in [3.8, 4) is 0 Å². The summed E-state index contributed by atoms with van der Waals surface area (Å²) in [5.74, 6) is 0.723. The van der Waals surface area contributed by atoms with E-state index in [-0.39, 0.29) is 11.5 Å². The van der Waals surface area contributed by atoms with Crippen molar-refractivity contribution in [1.82, 2.24) is 5.32 Å². The summed E-state index contributed by atoms with van der Waals surface area (Å²) in [7, 11) is 0. The van der Waals surface area contributed by atoms with Gasteiger partial charge in [-0.3, -0.25) is 4.79 Å². The molecule has 0 heterocycles. The standard InChI is InChI=1S/C16H21ClFNO/c1-11-6-7-15(18)14(8-11)16(20)19-10-13-5-3-2-4-12(13)9-17/h6-8,12-13H,2-5,9-10H2,1H3,(H,19,20). The monoisotopic (exact) mass is 297 g/mol. The van der Waals surface area contributed by atoms with Crippen LogP contribution in [0, 0.1) is 24.6 Å². The number of carbonyl (C=O) groups is 1. The molecule has 1 aromatic rings. The van der Waals surface area contributed by atoms with E-state index in [9.17, 15) is 9.18 Å². The number of hydrogen-bond acceptors (Lipinski definition) is 1. The Bertz CT molecular complexity index is 478. The van der Waals surface area contributed by atoms with Gasteiger partial charge in [0.05, 0.1) is 5.56 Å². The quantitative estimate of drug-likeness (QED) is 0.839. The van der Waals surface area contributed by atoms with Crippen molar-refractivity contribution in [3.63, 3.8) is 0 Å². The normalized spacial score (nSPS) is 22.6. The average molecular weight is 298 g/mol. The van der Waals surface area contributed by atoms with E-state index in [0.717, 1.165) is 18.4 Å². The Labute approximate surface area is 124 Å². The molecule has 2 unspecified atom stereocenters. The zero-order valence-electron chi connectivity index (χ0n) is 11.8. The number of nitrogens with one attached hydrogen (secondary N) is 1. The van der Waals surface area contributed by atoms with Gasteiger partial charge in [0, 0.05) is 12.4 Å². The fourth-order valence-corrected chi connectivity index (χ4v) is 3.29. The molecule has 0 bridgehead atoms. The highest BCUT2D eigenvalue weighted by atomic mass is 35.5. The van der Waals surface area contributed by atoms with Gasteiger partial charge in [-0.05, 0) is 43.7 Å². The minimum atomic E-state index is -0.467. The molecule has 1 N–H and O–H groups in total. The molecule has 1 aliphatic carbocycles. The van der Waals surface area contributed by atoms with Gasteiger partial charge in [0.25, 0.3) is 5.91 Å². The van der Waals surface area contributed by atoms with E-state index >= 15 is 0 Å². The first-order valence-electron chi connectivity index (χ1n) is 7.22. The van der Waals surface area contributed by atoms with Crippen LogP contribution in [-0.4, -0.2) is 18.3 Å². The van der Waals surface area contributed by atoms with Crippen LogP contribution >= 0.6 is 11.6 Å². The third-order valence-corrected chi connectivity index (χ3v) is 4.55. The lowest BCUT2D eigenvalue weighted by Crippen LogP contribution is -2.35. The number of benzene rings is 1. The van der Waals surface area contributed by atoms with E-state index in [0.29, 0.717) is 24.3 Å². The molecule has 0 radical (unpaired) electrons. The van der Waals surface area contributed by atoms with Gasteiger partial charge < -0.3 is 5.32 Å². The summed E-state index contributed by atoms with van der Waals surface area (Å²) in [4.78, 5) is 12.1. The first-order chi connectivity index (χ1) is 9.61. The van der Waals surface area contributed by atoms with Crippen LogP contribution in [0.1, 0.15) is 41.6 Å². The van der Waals surface area contributed by atoms with Crippen LogP contribution in [0.2, 0.25) is 0 Å². The maximum atomic E-state index is 13.6. The lowest BCUT2D eigenvalue weighted by molar-refractivity contribution is 0.0932. The van der Waals surface area contributed by atoms with Gasteiger partial charge in [-0.1, -0.05) is 24.5 Å². The van der Waals surface area contributed by atoms with Gasteiger partial charge >= 0.3 is 0 Å². The van der Waals surface area contributed by atoms with Gasteiger partial charge in [0.2, 0.25) is 0 Å². The van der Waals surface area contributed by atoms with Gasteiger partial charge in [0.1, 0.15) is 5.82 Å². The molecule has 0 saturated heterocycles. The molecule has 20 heavy (non-hydrogen) atoms. The SMILES string of the molecule is Cc1ccc(F)c(C(=O)NCC2CCCCC2CCl)c1. The van der Waals surface area contributed by atoms with E-state index in [1.807, 2.05) is 6.92 Å².